The van der Waals surface area contributed by atoms with Crippen LogP contribution in [0.2, 0.25) is 0 Å². The highest BCUT2D eigenvalue weighted by Crippen LogP contribution is 2.20. The quantitative estimate of drug-likeness (QED) is 0.854. The van der Waals surface area contributed by atoms with E-state index in [9.17, 15) is 4.79 Å². The molecule has 0 aliphatic carbocycles. The summed E-state index contributed by atoms with van der Waals surface area (Å²) < 4.78 is 0. The maximum absolute atomic E-state index is 12.3. The van der Waals surface area contributed by atoms with Gasteiger partial charge in [-0.05, 0) is 41.7 Å². The van der Waals surface area contributed by atoms with Crippen molar-refractivity contribution in [2.24, 2.45) is 0 Å². The molecular weight excluding hydrogens is 286 g/mol. The van der Waals surface area contributed by atoms with Crippen molar-refractivity contribution in [1.82, 2.24) is 4.90 Å². The van der Waals surface area contributed by atoms with Gasteiger partial charge < -0.3 is 11.1 Å². The zero-order valence-electron chi connectivity index (χ0n) is 13.5. The van der Waals surface area contributed by atoms with Gasteiger partial charge in [0.1, 0.15) is 0 Å². The maximum atomic E-state index is 12.3. The number of nitrogens with one attached hydrogen (secondary N) is 1. The third-order valence-corrected chi connectivity index (χ3v) is 4.39. The van der Waals surface area contributed by atoms with Gasteiger partial charge in [-0.3, -0.25) is 9.69 Å². The van der Waals surface area contributed by atoms with Crippen LogP contribution in [0.5, 0.6) is 0 Å². The number of nitrogen functional groups attached to an aromatic ring is 1. The number of hydrogen-bond donors (Lipinski definition) is 2. The van der Waals surface area contributed by atoms with Crippen molar-refractivity contribution >= 4 is 17.3 Å². The molecule has 120 valence electrons. The van der Waals surface area contributed by atoms with Crippen LogP contribution in [0.15, 0.2) is 42.5 Å². The molecule has 2 aromatic carbocycles. The summed E-state index contributed by atoms with van der Waals surface area (Å²) in [6.45, 7) is 4.23. The first-order valence-electron chi connectivity index (χ1n) is 8.13. The average Bonchev–Trinajstić information content (AvgIpc) is 2.55. The number of nitrogens with two attached hydrogens (primary N) is 1. The summed E-state index contributed by atoms with van der Waals surface area (Å²) >= 11 is 0. The number of aryl methyl sites for hydroxylation is 1. The minimum atomic E-state index is 0.00743. The van der Waals surface area contributed by atoms with Gasteiger partial charge >= 0.3 is 0 Å². The molecule has 0 unspecified atom stereocenters. The Labute approximate surface area is 137 Å². The van der Waals surface area contributed by atoms with E-state index in [0.29, 0.717) is 6.54 Å². The highest BCUT2D eigenvalue weighted by Gasteiger charge is 2.18. The van der Waals surface area contributed by atoms with Crippen molar-refractivity contribution in [3.63, 3.8) is 0 Å². The number of carbonyl (C=O) groups is 1. The number of hydrogen-bond acceptors (Lipinski definition) is 3. The molecule has 3 N–H and O–H groups in total. The molecule has 23 heavy (non-hydrogen) atoms. The Morgan fingerprint density at radius 2 is 2.00 bits per heavy atom. The topological polar surface area (TPSA) is 58.4 Å². The largest absolute Gasteiger partial charge is 0.398 e. The number of anilines is 2. The van der Waals surface area contributed by atoms with Crippen LogP contribution in [0.1, 0.15) is 23.6 Å². The lowest BCUT2D eigenvalue weighted by Gasteiger charge is -2.28. The first-order valence-corrected chi connectivity index (χ1v) is 8.13. The molecule has 1 heterocycles. The minimum Gasteiger partial charge on any atom is -0.398 e. The highest BCUT2D eigenvalue weighted by atomic mass is 16.2. The van der Waals surface area contributed by atoms with Crippen molar-refractivity contribution in [2.45, 2.75) is 26.3 Å². The molecule has 1 amide bonds. The zero-order chi connectivity index (χ0) is 16.2. The number of nitrogens with zero attached hydrogens (tertiary/aromatic N) is 1. The predicted octanol–water partition coefficient (Wildman–Crippen LogP) is 2.83. The highest BCUT2D eigenvalue weighted by molar-refractivity contribution is 5.92. The van der Waals surface area contributed by atoms with Gasteiger partial charge in [0.05, 0.1) is 6.54 Å². The Kier molecular flexibility index (Phi) is 4.63. The monoisotopic (exact) mass is 309 g/mol. The van der Waals surface area contributed by atoms with Gasteiger partial charge in [-0.2, -0.15) is 0 Å². The fourth-order valence-electron chi connectivity index (χ4n) is 3.09. The van der Waals surface area contributed by atoms with E-state index in [0.717, 1.165) is 42.9 Å². The van der Waals surface area contributed by atoms with E-state index in [-0.39, 0.29) is 5.91 Å². The van der Waals surface area contributed by atoms with E-state index < -0.39 is 0 Å². The van der Waals surface area contributed by atoms with E-state index >= 15 is 0 Å². The second-order valence-electron chi connectivity index (χ2n) is 6.04. The lowest BCUT2D eigenvalue weighted by Crippen LogP contribution is -2.37. The summed E-state index contributed by atoms with van der Waals surface area (Å²) in [6.07, 6.45) is 1.90. The van der Waals surface area contributed by atoms with Crippen molar-refractivity contribution in [1.29, 1.82) is 0 Å². The van der Waals surface area contributed by atoms with E-state index in [4.69, 9.17) is 5.73 Å². The fourth-order valence-corrected chi connectivity index (χ4v) is 3.09. The van der Waals surface area contributed by atoms with Gasteiger partial charge in [-0.25, -0.2) is 0 Å². The smallest absolute Gasteiger partial charge is 0.238 e. The van der Waals surface area contributed by atoms with Gasteiger partial charge in [0.15, 0.2) is 0 Å². The van der Waals surface area contributed by atoms with Crippen molar-refractivity contribution < 1.29 is 4.79 Å². The van der Waals surface area contributed by atoms with E-state index in [2.05, 4.69) is 41.4 Å². The Hall–Kier alpha value is -2.33. The minimum absolute atomic E-state index is 0.00743. The lowest BCUT2D eigenvalue weighted by molar-refractivity contribution is -0.117. The molecule has 0 saturated heterocycles. The van der Waals surface area contributed by atoms with Crippen LogP contribution in [0.4, 0.5) is 11.4 Å². The number of carbonyl (C=O) groups excluding carboxylic acids is 1. The number of fused-ring (bicyclic) bond motifs is 1. The van der Waals surface area contributed by atoms with Crippen LogP contribution in [-0.4, -0.2) is 23.9 Å². The molecule has 1 aliphatic rings. The van der Waals surface area contributed by atoms with Crippen LogP contribution in [0, 0.1) is 0 Å². The summed E-state index contributed by atoms with van der Waals surface area (Å²) in [5, 5.41) is 2.94. The molecule has 0 spiro atoms. The second kappa shape index (κ2) is 6.84. The summed E-state index contributed by atoms with van der Waals surface area (Å²) in [5.41, 5.74) is 11.3. The number of benzene rings is 2. The molecule has 0 fully saturated rings. The van der Waals surface area contributed by atoms with Gasteiger partial charge in [-0.15, -0.1) is 0 Å². The summed E-state index contributed by atoms with van der Waals surface area (Å²) in [5.74, 6) is 0.00743. The van der Waals surface area contributed by atoms with Crippen molar-refractivity contribution in [3.8, 4) is 0 Å². The van der Waals surface area contributed by atoms with Gasteiger partial charge in [-0.1, -0.05) is 37.3 Å². The number of amides is 1. The molecule has 4 heteroatoms. The van der Waals surface area contributed by atoms with Crippen molar-refractivity contribution in [2.75, 3.05) is 24.1 Å². The van der Waals surface area contributed by atoms with Crippen LogP contribution in [0.25, 0.3) is 0 Å². The van der Waals surface area contributed by atoms with Gasteiger partial charge in [0.2, 0.25) is 5.91 Å². The van der Waals surface area contributed by atoms with Crippen LogP contribution in [-0.2, 0) is 24.2 Å². The van der Waals surface area contributed by atoms with E-state index in [1.165, 1.54) is 11.1 Å². The molecule has 0 aromatic heterocycles. The third kappa shape index (κ3) is 3.71. The van der Waals surface area contributed by atoms with E-state index in [1.54, 1.807) is 0 Å². The molecule has 1 aliphatic heterocycles. The van der Waals surface area contributed by atoms with Gasteiger partial charge in [0.25, 0.3) is 0 Å². The fraction of sp³-hybridized carbons (Fsp3) is 0.316. The first-order chi connectivity index (χ1) is 11.2. The Bertz CT molecular complexity index is 712. The van der Waals surface area contributed by atoms with Crippen LogP contribution in [0.3, 0.4) is 0 Å². The lowest BCUT2D eigenvalue weighted by atomic mass is 10.00. The molecular formula is C19H23N3O. The third-order valence-electron chi connectivity index (χ3n) is 4.39. The Morgan fingerprint density at radius 3 is 2.74 bits per heavy atom. The molecule has 0 saturated carbocycles. The molecule has 0 atom stereocenters. The Morgan fingerprint density at radius 1 is 1.22 bits per heavy atom. The standard InChI is InChI=1S/C19H23N3O/c1-2-14-7-8-17(11-18(14)20)21-19(23)13-22-10-9-15-5-3-4-6-16(15)12-22/h3-8,11H,2,9-10,12-13,20H2,1H3,(H,21,23). The van der Waals surface area contributed by atoms with E-state index in [1.807, 2.05) is 18.2 Å². The summed E-state index contributed by atoms with van der Waals surface area (Å²) in [4.78, 5) is 14.4. The normalized spacial score (nSPS) is 14.3. The van der Waals surface area contributed by atoms with Gasteiger partial charge in [0, 0.05) is 24.5 Å². The molecule has 4 nitrogen and oxygen atoms in total. The zero-order valence-corrected chi connectivity index (χ0v) is 13.5. The summed E-state index contributed by atoms with van der Waals surface area (Å²) in [7, 11) is 0. The molecule has 3 rings (SSSR count). The SMILES string of the molecule is CCc1ccc(NC(=O)CN2CCc3ccccc3C2)cc1N. The number of rotatable bonds is 4. The molecule has 0 radical (unpaired) electrons. The molecule has 0 bridgehead atoms. The molecule has 2 aromatic rings. The van der Waals surface area contributed by atoms with Crippen LogP contribution < -0.4 is 11.1 Å². The van der Waals surface area contributed by atoms with Crippen molar-refractivity contribution in [3.05, 3.63) is 59.2 Å². The average molecular weight is 309 g/mol. The Balaban J connectivity index is 1.59. The maximum Gasteiger partial charge on any atom is 0.238 e. The predicted molar refractivity (Wildman–Crippen MR) is 94.3 cm³/mol. The van der Waals surface area contributed by atoms with Crippen LogP contribution >= 0.6 is 0 Å². The second-order valence-corrected chi connectivity index (χ2v) is 6.04. The first kappa shape index (κ1) is 15.6. The summed E-state index contributed by atoms with van der Waals surface area (Å²) in [6, 6.07) is 14.2.